The zero-order valence-corrected chi connectivity index (χ0v) is 17.0. The van der Waals surface area contributed by atoms with E-state index in [-0.39, 0.29) is 23.6 Å². The van der Waals surface area contributed by atoms with Crippen LogP contribution in [0.15, 0.2) is 59.7 Å². The van der Waals surface area contributed by atoms with Crippen LogP contribution >= 0.6 is 0 Å². The number of para-hydroxylation sites is 2. The second kappa shape index (κ2) is 8.78. The van der Waals surface area contributed by atoms with E-state index in [4.69, 9.17) is 0 Å². The lowest BCUT2D eigenvalue weighted by molar-refractivity contribution is -0.122. The number of aryl methyl sites for hydroxylation is 2. The van der Waals surface area contributed by atoms with Crippen molar-refractivity contribution >= 4 is 33.6 Å². The molecule has 2 aromatic heterocycles. The van der Waals surface area contributed by atoms with E-state index in [1.165, 1.54) is 4.68 Å². The highest BCUT2D eigenvalue weighted by Gasteiger charge is 2.17. The Morgan fingerprint density at radius 2 is 1.71 bits per heavy atom. The fraction of sp³-hybridized carbons (Fsp3) is 0.227. The van der Waals surface area contributed by atoms with Gasteiger partial charge in [-0.05, 0) is 24.6 Å². The van der Waals surface area contributed by atoms with Crippen LogP contribution < -0.4 is 16.4 Å². The van der Waals surface area contributed by atoms with E-state index in [2.05, 4.69) is 20.9 Å². The van der Waals surface area contributed by atoms with Gasteiger partial charge in [0.05, 0.1) is 22.7 Å². The number of amides is 2. The van der Waals surface area contributed by atoms with Gasteiger partial charge in [0.1, 0.15) is 0 Å². The van der Waals surface area contributed by atoms with Crippen molar-refractivity contribution in [1.82, 2.24) is 30.2 Å². The molecule has 9 nitrogen and oxygen atoms in total. The van der Waals surface area contributed by atoms with Crippen molar-refractivity contribution in [2.45, 2.75) is 32.9 Å². The monoisotopic (exact) mass is 418 g/mol. The summed E-state index contributed by atoms with van der Waals surface area (Å²) in [5.41, 5.74) is 6.47. The smallest absolute Gasteiger partial charge is 0.290 e. The lowest BCUT2D eigenvalue weighted by Gasteiger charge is -2.11. The zero-order chi connectivity index (χ0) is 21.8. The van der Waals surface area contributed by atoms with E-state index < -0.39 is 5.91 Å². The molecule has 0 saturated carbocycles. The first kappa shape index (κ1) is 20.3. The van der Waals surface area contributed by atoms with Gasteiger partial charge in [-0.2, -0.15) is 5.10 Å². The average molecular weight is 418 g/mol. The highest BCUT2D eigenvalue weighted by molar-refractivity contribution is 6.05. The summed E-state index contributed by atoms with van der Waals surface area (Å²) in [4.78, 5) is 41.8. The van der Waals surface area contributed by atoms with E-state index in [0.717, 1.165) is 11.0 Å². The predicted octanol–water partition coefficient (Wildman–Crippen LogP) is 2.01. The first-order valence-electron chi connectivity index (χ1n) is 10.1. The van der Waals surface area contributed by atoms with Gasteiger partial charge in [-0.15, -0.1) is 0 Å². The maximum atomic E-state index is 12.7. The molecule has 0 radical (unpaired) electrons. The summed E-state index contributed by atoms with van der Waals surface area (Å²) in [5.74, 6) is -0.931. The van der Waals surface area contributed by atoms with Crippen molar-refractivity contribution in [3.63, 3.8) is 0 Å². The Morgan fingerprint density at radius 3 is 2.52 bits per heavy atom. The van der Waals surface area contributed by atoms with Crippen molar-refractivity contribution in [3.05, 3.63) is 70.9 Å². The van der Waals surface area contributed by atoms with Gasteiger partial charge in [0.25, 0.3) is 11.5 Å². The van der Waals surface area contributed by atoms with Crippen molar-refractivity contribution in [2.75, 3.05) is 0 Å². The summed E-state index contributed by atoms with van der Waals surface area (Å²) >= 11 is 0. The third kappa shape index (κ3) is 4.16. The second-order valence-corrected chi connectivity index (χ2v) is 7.10. The standard InChI is InChI=1S/C22H22N6O3/c1-2-12-28-22(31)16-8-4-3-7-15(16)20(26-28)21(30)25-24-19(29)11-13-27-14-23-17-9-5-6-10-18(17)27/h3-10,14H,2,11-13H2,1H3,(H,24,29)(H,25,30). The van der Waals surface area contributed by atoms with Crippen LogP contribution in [-0.4, -0.2) is 31.1 Å². The Bertz CT molecular complexity index is 1320. The summed E-state index contributed by atoms with van der Waals surface area (Å²) in [7, 11) is 0. The molecule has 31 heavy (non-hydrogen) atoms. The minimum Gasteiger partial charge on any atom is -0.330 e. The van der Waals surface area contributed by atoms with Crippen LogP contribution in [0.5, 0.6) is 0 Å². The minimum absolute atomic E-state index is 0.0875. The zero-order valence-electron chi connectivity index (χ0n) is 17.0. The average Bonchev–Trinajstić information content (AvgIpc) is 3.21. The third-order valence-corrected chi connectivity index (χ3v) is 4.94. The quantitative estimate of drug-likeness (QED) is 0.466. The van der Waals surface area contributed by atoms with E-state index >= 15 is 0 Å². The number of carbonyl (C=O) groups excluding carboxylic acids is 2. The number of aromatic nitrogens is 4. The van der Waals surface area contributed by atoms with Crippen molar-refractivity contribution < 1.29 is 9.59 Å². The Balaban J connectivity index is 1.45. The molecule has 0 fully saturated rings. The molecule has 4 rings (SSSR count). The molecule has 2 aromatic carbocycles. The van der Waals surface area contributed by atoms with Crippen LogP contribution in [0.4, 0.5) is 0 Å². The SMILES string of the molecule is CCCn1nc(C(=O)NNC(=O)CCn2cnc3ccccc32)c2ccccc2c1=O. The number of hydrazine groups is 1. The Labute approximate surface area is 177 Å². The summed E-state index contributed by atoms with van der Waals surface area (Å²) < 4.78 is 3.16. The number of hydrogen-bond donors (Lipinski definition) is 2. The molecule has 0 atom stereocenters. The largest absolute Gasteiger partial charge is 0.330 e. The molecule has 0 aliphatic heterocycles. The fourth-order valence-electron chi connectivity index (χ4n) is 3.42. The van der Waals surface area contributed by atoms with Crippen LogP contribution in [0.2, 0.25) is 0 Å². The molecule has 2 N–H and O–H groups in total. The first-order valence-corrected chi connectivity index (χ1v) is 10.1. The van der Waals surface area contributed by atoms with E-state index in [9.17, 15) is 14.4 Å². The van der Waals surface area contributed by atoms with Crippen LogP contribution in [0.3, 0.4) is 0 Å². The van der Waals surface area contributed by atoms with Gasteiger partial charge in [-0.3, -0.25) is 25.2 Å². The molecule has 0 unspecified atom stereocenters. The second-order valence-electron chi connectivity index (χ2n) is 7.10. The van der Waals surface area contributed by atoms with Gasteiger partial charge in [-0.25, -0.2) is 9.67 Å². The van der Waals surface area contributed by atoms with Crippen molar-refractivity contribution in [3.8, 4) is 0 Å². The molecule has 2 amide bonds. The summed E-state index contributed by atoms with van der Waals surface area (Å²) in [5, 5.41) is 5.07. The Morgan fingerprint density at radius 1 is 0.968 bits per heavy atom. The van der Waals surface area contributed by atoms with E-state index in [1.54, 1.807) is 30.6 Å². The lowest BCUT2D eigenvalue weighted by atomic mass is 10.1. The van der Waals surface area contributed by atoms with E-state index in [1.807, 2.05) is 35.8 Å². The molecule has 0 spiro atoms. The van der Waals surface area contributed by atoms with Crippen LogP contribution in [0.1, 0.15) is 30.3 Å². The molecule has 158 valence electrons. The van der Waals surface area contributed by atoms with Crippen LogP contribution in [0.25, 0.3) is 21.8 Å². The molecule has 2 heterocycles. The van der Waals surface area contributed by atoms with Crippen LogP contribution in [-0.2, 0) is 17.9 Å². The predicted molar refractivity (Wildman–Crippen MR) is 116 cm³/mol. The number of imidazole rings is 1. The minimum atomic E-state index is -0.581. The third-order valence-electron chi connectivity index (χ3n) is 4.94. The number of nitrogens with one attached hydrogen (secondary N) is 2. The van der Waals surface area contributed by atoms with E-state index in [0.29, 0.717) is 30.3 Å². The van der Waals surface area contributed by atoms with Gasteiger partial charge in [0.2, 0.25) is 5.91 Å². The number of rotatable bonds is 6. The first-order chi connectivity index (χ1) is 15.1. The molecular formula is C22H22N6O3. The molecular weight excluding hydrogens is 396 g/mol. The topological polar surface area (TPSA) is 111 Å². The van der Waals surface area contributed by atoms with Gasteiger partial charge >= 0.3 is 0 Å². The normalized spacial score (nSPS) is 11.0. The summed E-state index contributed by atoms with van der Waals surface area (Å²) in [6.45, 7) is 2.74. The number of benzene rings is 2. The molecule has 0 aliphatic carbocycles. The lowest BCUT2D eigenvalue weighted by Crippen LogP contribution is -2.43. The molecule has 4 aromatic rings. The highest BCUT2D eigenvalue weighted by Crippen LogP contribution is 2.14. The number of nitrogens with zero attached hydrogens (tertiary/aromatic N) is 4. The van der Waals surface area contributed by atoms with Gasteiger partial charge in [0.15, 0.2) is 5.69 Å². The Hall–Kier alpha value is -4.01. The number of fused-ring (bicyclic) bond motifs is 2. The molecule has 9 heteroatoms. The van der Waals surface area contributed by atoms with Crippen molar-refractivity contribution in [2.24, 2.45) is 0 Å². The number of carbonyl (C=O) groups is 2. The molecule has 0 bridgehead atoms. The van der Waals surface area contributed by atoms with Gasteiger partial charge < -0.3 is 4.57 Å². The molecule has 0 saturated heterocycles. The van der Waals surface area contributed by atoms with Gasteiger partial charge in [0, 0.05) is 24.9 Å². The number of hydrogen-bond acceptors (Lipinski definition) is 5. The van der Waals surface area contributed by atoms with Crippen molar-refractivity contribution in [1.29, 1.82) is 0 Å². The maximum absolute atomic E-state index is 12.7. The fourth-order valence-corrected chi connectivity index (χ4v) is 3.42. The molecule has 0 aliphatic rings. The highest BCUT2D eigenvalue weighted by atomic mass is 16.2. The Kier molecular flexibility index (Phi) is 5.74. The summed E-state index contributed by atoms with van der Waals surface area (Å²) in [6.07, 6.45) is 2.54. The van der Waals surface area contributed by atoms with Crippen LogP contribution in [0, 0.1) is 0 Å². The summed E-state index contributed by atoms with van der Waals surface area (Å²) in [6, 6.07) is 14.5. The maximum Gasteiger partial charge on any atom is 0.290 e. The van der Waals surface area contributed by atoms with Gasteiger partial charge in [-0.1, -0.05) is 37.3 Å².